The van der Waals surface area contributed by atoms with Crippen molar-refractivity contribution in [1.29, 1.82) is 0 Å². The van der Waals surface area contributed by atoms with Gasteiger partial charge in [0.05, 0.1) is 19.2 Å². The Labute approximate surface area is 175 Å². The quantitative estimate of drug-likeness (QED) is 0.680. The minimum Gasteiger partial charge on any atom is -0.444 e. The van der Waals surface area contributed by atoms with Crippen molar-refractivity contribution < 1.29 is 19.1 Å². The van der Waals surface area contributed by atoms with Crippen molar-refractivity contribution in [3.8, 4) is 0 Å². The van der Waals surface area contributed by atoms with Crippen LogP contribution in [0, 0.1) is 0 Å². The monoisotopic (exact) mass is 428 g/mol. The highest BCUT2D eigenvalue weighted by Crippen LogP contribution is 2.30. The number of carbonyl (C=O) groups excluding carboxylic acids is 2. The molecule has 0 N–H and O–H groups in total. The van der Waals surface area contributed by atoms with Crippen LogP contribution in [0.3, 0.4) is 0 Å². The number of benzene rings is 1. The van der Waals surface area contributed by atoms with E-state index in [1.165, 1.54) is 0 Å². The number of fused-ring (bicyclic) bond motifs is 1. The lowest BCUT2D eigenvalue weighted by Crippen LogP contribution is -2.57. The average molecular weight is 429 g/mol. The maximum absolute atomic E-state index is 13.1. The van der Waals surface area contributed by atoms with Crippen molar-refractivity contribution in [2.45, 2.75) is 58.4 Å². The topological polar surface area (TPSA) is 59.1 Å². The maximum atomic E-state index is 13.1. The van der Waals surface area contributed by atoms with Gasteiger partial charge in [0.2, 0.25) is 0 Å². The summed E-state index contributed by atoms with van der Waals surface area (Å²) in [6, 6.07) is 3.43. The van der Waals surface area contributed by atoms with E-state index in [0.29, 0.717) is 29.6 Å². The number of carbonyl (C=O) groups is 2. The molecule has 8 heteroatoms. The van der Waals surface area contributed by atoms with Crippen LogP contribution in [-0.2, 0) is 27.2 Å². The minimum atomic E-state index is -0.712. The molecule has 0 saturated carbocycles. The summed E-state index contributed by atoms with van der Waals surface area (Å²) in [6.45, 7) is 8.77. The Bertz CT molecular complexity index is 778. The van der Waals surface area contributed by atoms with E-state index in [2.05, 4.69) is 0 Å². The van der Waals surface area contributed by atoms with Crippen molar-refractivity contribution in [2.75, 3.05) is 19.7 Å². The molecule has 0 aromatic heterocycles. The predicted octanol–water partition coefficient (Wildman–Crippen LogP) is 3.90. The van der Waals surface area contributed by atoms with E-state index in [-0.39, 0.29) is 25.1 Å². The third-order valence-electron chi connectivity index (χ3n) is 4.90. The van der Waals surface area contributed by atoms with Gasteiger partial charge in [0.15, 0.2) is 6.10 Å². The lowest BCUT2D eigenvalue weighted by Gasteiger charge is -2.40. The van der Waals surface area contributed by atoms with Gasteiger partial charge in [-0.2, -0.15) is 0 Å². The molecule has 0 spiro atoms. The molecule has 0 aliphatic carbocycles. The zero-order valence-corrected chi connectivity index (χ0v) is 18.1. The van der Waals surface area contributed by atoms with Crippen molar-refractivity contribution in [3.05, 3.63) is 33.3 Å². The number of morpholine rings is 1. The fourth-order valence-electron chi connectivity index (χ4n) is 3.46. The van der Waals surface area contributed by atoms with Gasteiger partial charge < -0.3 is 19.3 Å². The second-order valence-electron chi connectivity index (χ2n) is 8.34. The highest BCUT2D eigenvalue weighted by molar-refractivity contribution is 6.35. The van der Waals surface area contributed by atoms with E-state index in [1.807, 2.05) is 33.8 Å². The Morgan fingerprint density at radius 2 is 1.96 bits per heavy atom. The van der Waals surface area contributed by atoms with Gasteiger partial charge in [-0.1, -0.05) is 23.2 Å². The van der Waals surface area contributed by atoms with E-state index in [1.54, 1.807) is 15.9 Å². The number of nitrogens with zero attached hydrogens (tertiary/aromatic N) is 2. The summed E-state index contributed by atoms with van der Waals surface area (Å²) in [7, 11) is 0. The third kappa shape index (κ3) is 4.73. The molecule has 154 valence electrons. The zero-order valence-electron chi connectivity index (χ0n) is 16.6. The minimum absolute atomic E-state index is 0.142. The Kier molecular flexibility index (Phi) is 6.13. The van der Waals surface area contributed by atoms with Crippen molar-refractivity contribution >= 4 is 35.2 Å². The first-order chi connectivity index (χ1) is 13.0. The van der Waals surface area contributed by atoms with Gasteiger partial charge in [-0.05, 0) is 57.4 Å². The fraction of sp³-hybridized carbons (Fsp3) is 0.600. The number of rotatable bonds is 1. The van der Waals surface area contributed by atoms with E-state index in [9.17, 15) is 9.59 Å². The van der Waals surface area contributed by atoms with Crippen LogP contribution in [0.15, 0.2) is 12.1 Å². The first kappa shape index (κ1) is 21.2. The van der Waals surface area contributed by atoms with E-state index < -0.39 is 17.8 Å². The van der Waals surface area contributed by atoms with E-state index in [4.69, 9.17) is 32.7 Å². The highest BCUT2D eigenvalue weighted by Gasteiger charge is 2.38. The standard InChI is InChI=1S/C20H26Cl2N2O4/c1-12-11-27-17(10-24(12)19(26)28-20(2,3)4)18(25)23-6-5-13-7-14(21)8-16(22)15(13)9-23/h7-8,12,17H,5-6,9-11H2,1-4H3. The van der Waals surface area contributed by atoms with Gasteiger partial charge in [0, 0.05) is 23.1 Å². The second kappa shape index (κ2) is 8.09. The lowest BCUT2D eigenvalue weighted by molar-refractivity contribution is -0.152. The molecule has 2 aliphatic heterocycles. The van der Waals surface area contributed by atoms with Crippen LogP contribution >= 0.6 is 23.2 Å². The van der Waals surface area contributed by atoms with Gasteiger partial charge >= 0.3 is 6.09 Å². The van der Waals surface area contributed by atoms with Crippen LogP contribution in [0.25, 0.3) is 0 Å². The van der Waals surface area contributed by atoms with E-state index >= 15 is 0 Å². The molecule has 0 bridgehead atoms. The molecular weight excluding hydrogens is 403 g/mol. The van der Waals surface area contributed by atoms with Crippen LogP contribution in [0.4, 0.5) is 4.79 Å². The molecule has 2 aliphatic rings. The van der Waals surface area contributed by atoms with Gasteiger partial charge in [-0.15, -0.1) is 0 Å². The summed E-state index contributed by atoms with van der Waals surface area (Å²) in [6.07, 6.45) is -0.459. The predicted molar refractivity (Wildman–Crippen MR) is 108 cm³/mol. The lowest BCUT2D eigenvalue weighted by atomic mass is 9.99. The Hall–Kier alpha value is -1.50. The summed E-state index contributed by atoms with van der Waals surface area (Å²) in [4.78, 5) is 28.9. The molecule has 2 atom stereocenters. The Morgan fingerprint density at radius 1 is 1.25 bits per heavy atom. The van der Waals surface area contributed by atoms with Crippen LogP contribution in [0.1, 0.15) is 38.8 Å². The van der Waals surface area contributed by atoms with Crippen LogP contribution < -0.4 is 0 Å². The fourth-order valence-corrected chi connectivity index (χ4v) is 4.05. The van der Waals surface area contributed by atoms with Crippen LogP contribution in [-0.4, -0.2) is 59.2 Å². The summed E-state index contributed by atoms with van der Waals surface area (Å²) in [5, 5.41) is 1.16. The smallest absolute Gasteiger partial charge is 0.410 e. The second-order valence-corrected chi connectivity index (χ2v) is 9.18. The van der Waals surface area contributed by atoms with Crippen molar-refractivity contribution in [2.24, 2.45) is 0 Å². The largest absolute Gasteiger partial charge is 0.444 e. The molecule has 1 aromatic carbocycles. The Balaban J connectivity index is 1.70. The molecule has 0 radical (unpaired) electrons. The molecule has 28 heavy (non-hydrogen) atoms. The number of hydrogen-bond donors (Lipinski definition) is 0. The molecule has 6 nitrogen and oxygen atoms in total. The molecule has 1 saturated heterocycles. The zero-order chi connectivity index (χ0) is 20.6. The highest BCUT2D eigenvalue weighted by atomic mass is 35.5. The molecule has 1 fully saturated rings. The first-order valence-electron chi connectivity index (χ1n) is 9.42. The molecule has 1 aromatic rings. The van der Waals surface area contributed by atoms with Crippen LogP contribution in [0.5, 0.6) is 0 Å². The number of hydrogen-bond acceptors (Lipinski definition) is 4. The molecule has 2 unspecified atom stereocenters. The SMILES string of the molecule is CC1COC(C(=O)N2CCc3cc(Cl)cc(Cl)c3C2)CN1C(=O)OC(C)(C)C. The molecule has 3 rings (SSSR count). The maximum Gasteiger partial charge on any atom is 0.410 e. The summed E-state index contributed by atoms with van der Waals surface area (Å²) < 4.78 is 11.2. The summed E-state index contributed by atoms with van der Waals surface area (Å²) >= 11 is 12.4. The molecule has 2 heterocycles. The van der Waals surface area contributed by atoms with Gasteiger partial charge in [-0.25, -0.2) is 4.79 Å². The van der Waals surface area contributed by atoms with Crippen molar-refractivity contribution in [1.82, 2.24) is 9.80 Å². The molecular formula is C20H26Cl2N2O4. The Morgan fingerprint density at radius 3 is 2.64 bits per heavy atom. The summed E-state index contributed by atoms with van der Waals surface area (Å²) in [5.74, 6) is -0.142. The van der Waals surface area contributed by atoms with Crippen molar-refractivity contribution in [3.63, 3.8) is 0 Å². The average Bonchev–Trinajstić information content (AvgIpc) is 2.59. The van der Waals surface area contributed by atoms with Gasteiger partial charge in [-0.3, -0.25) is 4.79 Å². The van der Waals surface area contributed by atoms with E-state index in [0.717, 1.165) is 11.1 Å². The van der Waals surface area contributed by atoms with Gasteiger partial charge in [0.1, 0.15) is 5.60 Å². The third-order valence-corrected chi connectivity index (χ3v) is 5.46. The van der Waals surface area contributed by atoms with Gasteiger partial charge in [0.25, 0.3) is 5.91 Å². The number of amides is 2. The first-order valence-corrected chi connectivity index (χ1v) is 10.2. The summed E-state index contributed by atoms with van der Waals surface area (Å²) in [5.41, 5.74) is 1.39. The number of halogens is 2. The number of ether oxygens (including phenoxy) is 2. The normalized spacial score (nSPS) is 22.6. The van der Waals surface area contributed by atoms with Crippen LogP contribution in [0.2, 0.25) is 10.0 Å². The molecule has 2 amide bonds.